The Kier molecular flexibility index (Phi) is 8.31. The second kappa shape index (κ2) is 12.2. The number of piperidine rings is 1. The van der Waals surface area contributed by atoms with Crippen molar-refractivity contribution in [2.75, 3.05) is 13.1 Å². The molecular weight excluding hydrogens is 532 g/mol. The van der Waals surface area contributed by atoms with E-state index >= 15 is 0 Å². The van der Waals surface area contributed by atoms with Crippen molar-refractivity contribution in [3.63, 3.8) is 0 Å². The number of amides is 2. The number of nitrogens with one attached hydrogen (secondary N) is 1. The summed E-state index contributed by atoms with van der Waals surface area (Å²) in [6, 6.07) is 18.5. The maximum absolute atomic E-state index is 12.9. The Labute approximate surface area is 236 Å². The van der Waals surface area contributed by atoms with Crippen LogP contribution in [0.1, 0.15) is 46.1 Å². The van der Waals surface area contributed by atoms with E-state index < -0.39 is 6.09 Å². The molecule has 1 unspecified atom stereocenters. The Bertz CT molecular complexity index is 1490. The van der Waals surface area contributed by atoms with Gasteiger partial charge < -0.3 is 24.5 Å². The van der Waals surface area contributed by atoms with Crippen LogP contribution in [0.3, 0.4) is 0 Å². The lowest BCUT2D eigenvalue weighted by Crippen LogP contribution is -2.49. The van der Waals surface area contributed by atoms with Gasteiger partial charge in [0.1, 0.15) is 23.8 Å². The van der Waals surface area contributed by atoms with E-state index in [1.165, 1.54) is 6.20 Å². The number of ether oxygens (including phenoxy) is 1. The van der Waals surface area contributed by atoms with Gasteiger partial charge in [0, 0.05) is 42.3 Å². The van der Waals surface area contributed by atoms with Crippen LogP contribution in [0.25, 0.3) is 11.3 Å². The van der Waals surface area contributed by atoms with Crippen molar-refractivity contribution >= 4 is 23.6 Å². The molecule has 1 atom stereocenters. The number of hydrogen-bond acceptors (Lipinski definition) is 6. The van der Waals surface area contributed by atoms with Crippen molar-refractivity contribution < 1.29 is 23.8 Å². The zero-order valence-electron chi connectivity index (χ0n) is 22.0. The van der Waals surface area contributed by atoms with Crippen LogP contribution >= 0.6 is 11.6 Å². The Hall–Kier alpha value is -4.37. The molecule has 5 rings (SSSR count). The smallest absolute Gasteiger partial charge is 0.404 e. The number of likely N-dealkylation sites (tertiary alicyclic amines) is 1. The van der Waals surface area contributed by atoms with Gasteiger partial charge in [0.25, 0.3) is 5.91 Å². The molecule has 9 nitrogen and oxygen atoms in total. The summed E-state index contributed by atoms with van der Waals surface area (Å²) in [4.78, 5) is 34.5. The van der Waals surface area contributed by atoms with Crippen LogP contribution in [0.2, 0.25) is 5.02 Å². The molecule has 40 heavy (non-hydrogen) atoms. The van der Waals surface area contributed by atoms with Crippen LogP contribution in [0.4, 0.5) is 4.79 Å². The zero-order valence-corrected chi connectivity index (χ0v) is 22.7. The largest absolute Gasteiger partial charge is 0.487 e. The van der Waals surface area contributed by atoms with Crippen LogP contribution in [-0.4, -0.2) is 51.1 Å². The number of carbonyl (C=O) groups excluding carboxylic acids is 1. The number of pyridine rings is 1. The molecule has 0 spiro atoms. The molecule has 0 bridgehead atoms. The lowest BCUT2D eigenvalue weighted by molar-refractivity contribution is 0.0691. The van der Waals surface area contributed by atoms with Crippen molar-refractivity contribution in [1.29, 1.82) is 0 Å². The number of aryl methyl sites for hydroxylation is 1. The van der Waals surface area contributed by atoms with Gasteiger partial charge in [-0.25, -0.2) is 9.78 Å². The predicted octanol–water partition coefficient (Wildman–Crippen LogP) is 5.74. The summed E-state index contributed by atoms with van der Waals surface area (Å²) in [5.41, 5.74) is 3.88. The van der Waals surface area contributed by atoms with Crippen molar-refractivity contribution in [2.45, 2.75) is 38.8 Å². The zero-order chi connectivity index (χ0) is 28.1. The van der Waals surface area contributed by atoms with E-state index in [1.807, 2.05) is 55.5 Å². The quantitative estimate of drug-likeness (QED) is 0.282. The first kappa shape index (κ1) is 27.2. The van der Waals surface area contributed by atoms with Gasteiger partial charge in [0.05, 0.1) is 11.3 Å². The number of halogens is 1. The van der Waals surface area contributed by atoms with Crippen LogP contribution in [0, 0.1) is 6.92 Å². The van der Waals surface area contributed by atoms with Gasteiger partial charge in [0.15, 0.2) is 5.89 Å². The fourth-order valence-corrected chi connectivity index (χ4v) is 4.97. The molecule has 1 aliphatic heterocycles. The summed E-state index contributed by atoms with van der Waals surface area (Å²) < 4.78 is 11.8. The molecular formula is C30H29ClN4O5. The molecule has 1 fully saturated rings. The SMILES string of the molecule is Cc1oc(Cc2cccc(Cl)c2)nc1-c1ccc(OCc2ccc(C(=O)N3CCCC(NC(=O)O)C3)cn2)cc1. The van der Waals surface area contributed by atoms with Gasteiger partial charge in [-0.1, -0.05) is 23.7 Å². The monoisotopic (exact) mass is 560 g/mol. The highest BCUT2D eigenvalue weighted by Crippen LogP contribution is 2.27. The summed E-state index contributed by atoms with van der Waals surface area (Å²) >= 11 is 6.09. The molecule has 0 saturated carbocycles. The highest BCUT2D eigenvalue weighted by atomic mass is 35.5. The average Bonchev–Trinajstić information content (AvgIpc) is 3.31. The third kappa shape index (κ3) is 6.79. The topological polar surface area (TPSA) is 118 Å². The molecule has 206 valence electrons. The number of hydrogen-bond donors (Lipinski definition) is 2. The number of rotatable bonds is 8. The van der Waals surface area contributed by atoms with Crippen molar-refractivity contribution in [3.8, 4) is 17.0 Å². The summed E-state index contributed by atoms with van der Waals surface area (Å²) in [5, 5.41) is 12.1. The van der Waals surface area contributed by atoms with Crippen LogP contribution in [0.5, 0.6) is 5.75 Å². The second-order valence-corrected chi connectivity index (χ2v) is 10.1. The minimum absolute atomic E-state index is 0.161. The number of nitrogens with zero attached hydrogens (tertiary/aromatic N) is 3. The minimum atomic E-state index is -1.08. The number of carboxylic acid groups (broad SMARTS) is 1. The van der Waals surface area contributed by atoms with Crippen molar-refractivity contribution in [3.05, 3.63) is 100 Å². The van der Waals surface area contributed by atoms with Crippen molar-refractivity contribution in [1.82, 2.24) is 20.2 Å². The molecule has 2 amide bonds. The number of carbonyl (C=O) groups is 2. The van der Waals surface area contributed by atoms with Crippen LogP contribution in [0.15, 0.2) is 71.3 Å². The van der Waals surface area contributed by atoms with E-state index in [2.05, 4.69) is 15.3 Å². The molecule has 0 radical (unpaired) electrons. The fraction of sp³-hybridized carbons (Fsp3) is 0.267. The number of oxazole rings is 1. The average molecular weight is 561 g/mol. The molecule has 2 N–H and O–H groups in total. The number of aromatic nitrogens is 2. The first-order valence-corrected chi connectivity index (χ1v) is 13.4. The second-order valence-electron chi connectivity index (χ2n) is 9.71. The molecule has 3 heterocycles. The Morgan fingerprint density at radius 2 is 2.00 bits per heavy atom. The van der Waals surface area contributed by atoms with Crippen LogP contribution < -0.4 is 10.1 Å². The van der Waals surface area contributed by atoms with E-state index in [4.69, 9.17) is 25.9 Å². The highest BCUT2D eigenvalue weighted by molar-refractivity contribution is 6.30. The van der Waals surface area contributed by atoms with Gasteiger partial charge in [-0.15, -0.1) is 0 Å². The summed E-state index contributed by atoms with van der Waals surface area (Å²) in [6.45, 7) is 3.08. The van der Waals surface area contributed by atoms with Crippen molar-refractivity contribution in [2.24, 2.45) is 0 Å². The molecule has 2 aromatic carbocycles. The molecule has 4 aromatic rings. The summed E-state index contributed by atoms with van der Waals surface area (Å²) in [5.74, 6) is 1.88. The van der Waals surface area contributed by atoms with Gasteiger partial charge >= 0.3 is 6.09 Å². The first-order valence-electron chi connectivity index (χ1n) is 13.0. The van der Waals surface area contributed by atoms with E-state index in [9.17, 15) is 9.59 Å². The fourth-order valence-electron chi connectivity index (χ4n) is 4.76. The lowest BCUT2D eigenvalue weighted by Gasteiger charge is -2.32. The Morgan fingerprint density at radius 1 is 1.18 bits per heavy atom. The lowest BCUT2D eigenvalue weighted by atomic mass is 10.0. The van der Waals surface area contributed by atoms with Gasteiger partial charge in [-0.05, 0) is 73.9 Å². The molecule has 2 aromatic heterocycles. The van der Waals surface area contributed by atoms with E-state index in [0.717, 1.165) is 35.4 Å². The third-order valence-electron chi connectivity index (χ3n) is 6.71. The Balaban J connectivity index is 1.16. The third-order valence-corrected chi connectivity index (χ3v) is 6.94. The first-order chi connectivity index (χ1) is 19.3. The van der Waals surface area contributed by atoms with Crippen LogP contribution in [-0.2, 0) is 13.0 Å². The maximum Gasteiger partial charge on any atom is 0.404 e. The highest BCUT2D eigenvalue weighted by Gasteiger charge is 2.25. The molecule has 1 saturated heterocycles. The Morgan fingerprint density at radius 3 is 2.73 bits per heavy atom. The van der Waals surface area contributed by atoms with E-state index in [1.54, 1.807) is 17.0 Å². The normalized spacial score (nSPS) is 15.1. The van der Waals surface area contributed by atoms with Gasteiger partial charge in [-0.3, -0.25) is 9.78 Å². The van der Waals surface area contributed by atoms with E-state index in [0.29, 0.717) is 47.4 Å². The van der Waals surface area contributed by atoms with E-state index in [-0.39, 0.29) is 18.6 Å². The summed E-state index contributed by atoms with van der Waals surface area (Å²) in [7, 11) is 0. The maximum atomic E-state index is 12.9. The van der Waals surface area contributed by atoms with Gasteiger partial charge in [0.2, 0.25) is 0 Å². The summed E-state index contributed by atoms with van der Waals surface area (Å²) in [6.07, 6.45) is 2.48. The standard InChI is InChI=1S/C30H29ClN4O5/c1-19-28(34-27(40-19)15-20-4-2-5-23(31)14-20)21-8-11-26(12-9-21)39-18-25-10-7-22(16-32-25)29(36)35-13-3-6-24(17-35)33-30(37)38/h2,4-5,7-12,14,16,24,33H,3,6,13,15,17-18H2,1H3,(H,37,38). The minimum Gasteiger partial charge on any atom is -0.487 e. The molecule has 10 heteroatoms. The predicted molar refractivity (Wildman–Crippen MR) is 150 cm³/mol. The molecule has 0 aliphatic carbocycles. The van der Waals surface area contributed by atoms with Gasteiger partial charge in [-0.2, -0.15) is 0 Å². The molecule has 1 aliphatic rings. The number of benzene rings is 2.